The number of nitrogens with one attached hydrogen (secondary N) is 4. The Morgan fingerprint density at radius 2 is 0.852 bits per heavy atom. The summed E-state index contributed by atoms with van der Waals surface area (Å²) in [5, 5.41) is 28.0. The van der Waals surface area contributed by atoms with Gasteiger partial charge in [-0.25, -0.2) is 43.9 Å². The Bertz CT molecular complexity index is 8370. The number of piperazine rings is 2. The fourth-order valence-electron chi connectivity index (χ4n) is 19.4. The smallest absolute Gasteiger partial charge is 0.258 e. The van der Waals surface area contributed by atoms with Crippen molar-refractivity contribution in [3.63, 3.8) is 0 Å². The second-order valence-corrected chi connectivity index (χ2v) is 37.3. The predicted octanol–water partition coefficient (Wildman–Crippen LogP) is 11.9. The third-order valence-corrected chi connectivity index (χ3v) is 26.8. The molecule has 0 aliphatic carbocycles. The van der Waals surface area contributed by atoms with Crippen molar-refractivity contribution in [1.82, 2.24) is 126 Å². The molecule has 23 heterocycles. The van der Waals surface area contributed by atoms with Gasteiger partial charge in [0.15, 0.2) is 0 Å². The van der Waals surface area contributed by atoms with Crippen LogP contribution in [0.1, 0.15) is 88.5 Å². The molecular weight excluding hydrogens is 1790 g/mol. The van der Waals surface area contributed by atoms with Gasteiger partial charge in [0.05, 0.1) is 110 Å². The highest BCUT2D eigenvalue weighted by Crippen LogP contribution is 2.31. The first-order valence-electron chi connectivity index (χ1n) is 48.5. The Labute approximate surface area is 817 Å². The first-order valence-corrected chi connectivity index (χ1v) is 48.5. The number of imidazole rings is 1. The van der Waals surface area contributed by atoms with Crippen LogP contribution in [-0.2, 0) is 7.05 Å². The maximum absolute atomic E-state index is 13.0. The van der Waals surface area contributed by atoms with Crippen LogP contribution in [0.2, 0.25) is 0 Å². The van der Waals surface area contributed by atoms with E-state index in [0.717, 1.165) is 206 Å². The molecule has 5 aliphatic heterocycles. The fraction of sp³-hybridized carbons (Fsp3) is 0.299. The van der Waals surface area contributed by atoms with E-state index in [1.54, 1.807) is 80.0 Å². The van der Waals surface area contributed by atoms with Crippen LogP contribution in [0, 0.1) is 20.8 Å². The molecular formula is C107H114N30O5. The van der Waals surface area contributed by atoms with E-state index in [2.05, 4.69) is 144 Å². The maximum atomic E-state index is 13.0. The summed E-state index contributed by atoms with van der Waals surface area (Å²) in [5.74, 6) is 0.867. The number of benzene rings is 1. The van der Waals surface area contributed by atoms with E-state index in [1.165, 1.54) is 11.1 Å². The number of aromatic nitrogens is 21. The number of hydrogen-bond donors (Lipinski definition) is 4. The predicted molar refractivity (Wildman–Crippen MR) is 560 cm³/mol. The Morgan fingerprint density at radius 3 is 1.35 bits per heavy atom. The van der Waals surface area contributed by atoms with Gasteiger partial charge in [-0.05, 0) is 225 Å². The molecule has 3 atom stereocenters. The normalized spacial score (nSPS) is 16.4. The van der Waals surface area contributed by atoms with Gasteiger partial charge in [0.2, 0.25) is 0 Å². The fourth-order valence-corrected chi connectivity index (χ4v) is 19.4. The van der Waals surface area contributed by atoms with Gasteiger partial charge in [-0.1, -0.05) is 32.1 Å². The maximum Gasteiger partial charge on any atom is 0.258 e. The van der Waals surface area contributed by atoms with E-state index in [0.29, 0.717) is 92.3 Å². The summed E-state index contributed by atoms with van der Waals surface area (Å²) in [6.07, 6.45) is 32.9. The lowest BCUT2D eigenvalue weighted by Gasteiger charge is -2.38. The summed E-state index contributed by atoms with van der Waals surface area (Å²) in [4.78, 5) is 116. The zero-order valence-electron chi connectivity index (χ0n) is 81.5. The molecule has 4 N–H and O–H groups in total. The molecule has 0 spiro atoms. The van der Waals surface area contributed by atoms with Crippen molar-refractivity contribution in [2.75, 3.05) is 119 Å². The van der Waals surface area contributed by atoms with Gasteiger partial charge in [0.1, 0.15) is 51.1 Å². The van der Waals surface area contributed by atoms with Gasteiger partial charge < -0.3 is 50.2 Å². The molecule has 0 unspecified atom stereocenters. The Balaban J connectivity index is 0.000000109. The SMILES string of the molecule is CCN(CC)C1CCN(c2ccc3nc(-c4ccc5nc(C)cn5c4)cc(=O)n3c2)CC1.CN(C)c1ccc(-c2cc(=O)n3cc(C4=CCNCC4)ccc3n2)cn1.Cc1cn2nc(-c3cc(=O)n4cc(N5CCN[C@@H](C)C5)ccc4n3)cc2cn1.Cc1cn2nc(-c3cc(=O)n4cc(N5C[C@@H](C)N[C@@H](C)C5)ccc4n3)cc2cn1.Cn1ncc2cc(-c3cc(=O)n4cc(C5=CCNCC5)ccc4n3)ccc21. The summed E-state index contributed by atoms with van der Waals surface area (Å²) >= 11 is 0. The van der Waals surface area contributed by atoms with Crippen LogP contribution in [0.5, 0.6) is 0 Å². The molecule has 0 bridgehead atoms. The van der Waals surface area contributed by atoms with Crippen molar-refractivity contribution in [1.29, 1.82) is 0 Å². The molecule has 142 heavy (non-hydrogen) atoms. The lowest BCUT2D eigenvalue weighted by Crippen LogP contribution is -2.54. The molecule has 3 saturated heterocycles. The molecule has 722 valence electrons. The Morgan fingerprint density at radius 1 is 0.394 bits per heavy atom. The number of nitrogens with zero attached hydrogens (tertiary/aromatic N) is 26. The highest BCUT2D eigenvalue weighted by atomic mass is 16.1. The van der Waals surface area contributed by atoms with Crippen molar-refractivity contribution < 1.29 is 0 Å². The molecule has 0 radical (unpaired) electrons. The van der Waals surface area contributed by atoms with Gasteiger partial charge >= 0.3 is 0 Å². The van der Waals surface area contributed by atoms with Crippen LogP contribution in [0.4, 0.5) is 22.9 Å². The van der Waals surface area contributed by atoms with Crippen molar-refractivity contribution in [2.24, 2.45) is 7.05 Å². The summed E-state index contributed by atoms with van der Waals surface area (Å²) in [5.41, 5.74) is 24.1. The van der Waals surface area contributed by atoms with E-state index in [-0.39, 0.29) is 27.8 Å². The Kier molecular flexibility index (Phi) is 26.7. The Hall–Kier alpha value is -16.0. The largest absolute Gasteiger partial charge is 0.370 e. The highest BCUT2D eigenvalue weighted by molar-refractivity contribution is 5.84. The second-order valence-electron chi connectivity index (χ2n) is 37.3. The van der Waals surface area contributed by atoms with Gasteiger partial charge in [-0.2, -0.15) is 15.3 Å². The van der Waals surface area contributed by atoms with E-state index in [9.17, 15) is 24.0 Å². The molecule has 3 fully saturated rings. The zero-order valence-corrected chi connectivity index (χ0v) is 81.5. The highest BCUT2D eigenvalue weighted by Gasteiger charge is 2.27. The molecule has 35 nitrogen and oxygen atoms in total. The summed E-state index contributed by atoms with van der Waals surface area (Å²) < 4.78 is 15.4. The number of rotatable bonds is 14. The number of fused-ring (bicyclic) bond motifs is 9. The van der Waals surface area contributed by atoms with Gasteiger partial charge in [0.25, 0.3) is 27.8 Å². The number of pyridine rings is 7. The monoisotopic (exact) mass is 1900 g/mol. The van der Waals surface area contributed by atoms with Gasteiger partial charge in [0, 0.05) is 206 Å². The minimum Gasteiger partial charge on any atom is -0.370 e. The number of hydrogen-bond acceptors (Lipinski definition) is 26. The summed E-state index contributed by atoms with van der Waals surface area (Å²) in [7, 11) is 5.80. The lowest BCUT2D eigenvalue weighted by atomic mass is 10.0. The van der Waals surface area contributed by atoms with Crippen LogP contribution in [0.25, 0.3) is 124 Å². The molecule has 0 amide bonds. The molecule has 35 heteroatoms. The van der Waals surface area contributed by atoms with Crippen molar-refractivity contribution in [3.05, 3.63) is 318 Å². The number of anilines is 4. The topological polar surface area (TPSA) is 345 Å². The standard InChI is InChI=1S/C25H30N6O.C21H23N7O.C21H19N5O.C20H21N7O.C20H21N5O/c1-4-28(5-2)20-10-12-29(13-11-20)21-7-9-24-27-22(14-25(32)31(24)17-21)19-6-8-23-26-18(3)15-30(23)16-19;1-13-11-28-17(8-22-13)6-19(25-28)18-7-21(29)27-12-16(4-5-20(27)24-18)26-9-14(2)23-15(3)10-26;1-25-19-4-2-15(10-17(19)12-23-25)18-11-21(27)26-13-16(3-5-20(26)24-18)14-6-8-22-9-7-14;1-13-10-25(6-5-21-13)15-3-4-19-23-17(8-20(28)26(19)12-15)18-7-16-9-22-14(2)11-27(16)24-18;1-24(2)18-5-3-15(12-22-18)17-11-20(26)25-13-16(4-6-19(25)23-17)14-7-9-21-10-8-14/h6-9,14-17,20H,4-5,10-13H2,1-3H3;4-8,11-12,14-15,23H,9-10H2,1-3H3;2-6,10-13,22H,7-9H2,1H3;3-4,7-9,11-13,21H,5-6,10H2,1-2H3;3-7,11-13,21H,8-10H2,1-2H3/t;14-,15+;;13-;/m...0./s1. The van der Waals surface area contributed by atoms with Crippen LogP contribution in [0.3, 0.4) is 0 Å². The first kappa shape index (κ1) is 93.7. The van der Waals surface area contributed by atoms with Crippen LogP contribution in [-0.4, -0.2) is 229 Å². The van der Waals surface area contributed by atoms with E-state index in [4.69, 9.17) is 9.97 Å². The minimum absolute atomic E-state index is 0.0632. The van der Waals surface area contributed by atoms with Crippen LogP contribution < -0.4 is 68.7 Å². The molecule has 0 saturated carbocycles. The van der Waals surface area contributed by atoms with Crippen molar-refractivity contribution in [2.45, 2.75) is 105 Å². The van der Waals surface area contributed by atoms with E-state index >= 15 is 0 Å². The minimum atomic E-state index is -0.116. The average molecular weight is 1900 g/mol. The van der Waals surface area contributed by atoms with Crippen molar-refractivity contribution >= 4 is 89.8 Å². The van der Waals surface area contributed by atoms with Crippen molar-refractivity contribution in [3.8, 4) is 56.5 Å². The van der Waals surface area contributed by atoms with Crippen LogP contribution >= 0.6 is 0 Å². The molecule has 18 aromatic heterocycles. The molecule has 1 aromatic carbocycles. The van der Waals surface area contributed by atoms with E-state index < -0.39 is 0 Å². The second kappa shape index (κ2) is 40.5. The summed E-state index contributed by atoms with van der Waals surface area (Å²) in [6, 6.07) is 47.2. The third-order valence-electron chi connectivity index (χ3n) is 26.8. The summed E-state index contributed by atoms with van der Waals surface area (Å²) in [6.45, 7) is 29.3. The average Bonchev–Trinajstić information content (AvgIpc) is 1.68. The van der Waals surface area contributed by atoms with Gasteiger partial charge in [-0.3, -0.25) is 60.6 Å². The number of piperidine rings is 1. The lowest BCUT2D eigenvalue weighted by molar-refractivity contribution is 0.186. The van der Waals surface area contributed by atoms with E-state index in [1.807, 2.05) is 227 Å². The van der Waals surface area contributed by atoms with Crippen LogP contribution in [0.15, 0.2) is 262 Å². The molecule has 24 rings (SSSR count). The third kappa shape index (κ3) is 20.3. The quantitative estimate of drug-likeness (QED) is 0.0785. The van der Waals surface area contributed by atoms with Gasteiger partial charge in [-0.15, -0.1) is 0 Å². The first-order chi connectivity index (χ1) is 68.9. The molecule has 5 aliphatic rings. The molecule has 19 aromatic rings. The number of aryl methyl sites for hydroxylation is 4. The zero-order chi connectivity index (χ0) is 98.1.